The predicted octanol–water partition coefficient (Wildman–Crippen LogP) is -2.95. The van der Waals surface area contributed by atoms with Gasteiger partial charge in [-0.3, -0.25) is 19.3 Å². The molecule has 2 amide bonds. The van der Waals surface area contributed by atoms with Gasteiger partial charge in [-0.15, -0.1) is 34.9 Å². The van der Waals surface area contributed by atoms with E-state index in [9.17, 15) is 34.5 Å². The molecule has 1 saturated heterocycles. The molecule has 42 heavy (non-hydrogen) atoms. The van der Waals surface area contributed by atoms with Crippen LogP contribution < -0.4 is 51.1 Å². The summed E-state index contributed by atoms with van der Waals surface area (Å²) in [7, 11) is 0. The van der Waals surface area contributed by atoms with Crippen molar-refractivity contribution in [1.29, 1.82) is 0 Å². The standard InChI is InChI=1S/C23H20N6O8S4.Na/c1-2-37-27-15(18-26-23(24)41-28-18)19(33)25-16-20(34)29-17(22(35)36)8(7-39-21(16)29)6-38-14-5-10(30)9-3-11(31)12(32)4-13(9)40-14;/h3-5,16,21,31-32H,2,6-7H2,1H3,(H,25,33)(H,35,36)(H2,24,26,28);/q;+1/p-1/b27-15-;/t16-,21-;/m1./s1. The van der Waals surface area contributed by atoms with Gasteiger partial charge in [0.25, 0.3) is 11.8 Å². The normalized spacial score (nSPS) is 18.3. The SMILES string of the molecule is CCO/N=C(\C(=O)N[C@@H]1C(=O)N2C(C(=O)[O-])=C(CSc3cc(=O)c4cc(O)c(O)cc4s3)CS[C@H]12)c1nsc(N)n1.[Na+]. The number of nitrogen functional groups attached to an aromatic ring is 1. The molecule has 2 aliphatic rings. The van der Waals surface area contributed by atoms with Crippen LogP contribution in [0.25, 0.3) is 10.1 Å². The number of fused-ring (bicyclic) bond motifs is 2. The fourth-order valence-corrected chi connectivity index (χ4v) is 8.18. The number of aromatic hydroxyl groups is 2. The molecule has 2 aliphatic heterocycles. The first-order valence-corrected chi connectivity index (χ1v) is 15.3. The van der Waals surface area contributed by atoms with Gasteiger partial charge in [0.15, 0.2) is 22.1 Å². The molecule has 214 valence electrons. The molecule has 0 radical (unpaired) electrons. The molecule has 2 atom stereocenters. The van der Waals surface area contributed by atoms with Gasteiger partial charge in [0.05, 0.1) is 15.9 Å². The van der Waals surface area contributed by atoms with Crippen molar-refractivity contribution in [3.05, 3.63) is 45.5 Å². The fraction of sp³-hybridized carbons (Fsp3) is 0.261. The van der Waals surface area contributed by atoms with Crippen molar-refractivity contribution in [2.24, 2.45) is 5.16 Å². The molecule has 5 rings (SSSR count). The van der Waals surface area contributed by atoms with E-state index in [4.69, 9.17) is 10.6 Å². The van der Waals surface area contributed by atoms with Crippen molar-refractivity contribution in [2.45, 2.75) is 22.5 Å². The van der Waals surface area contributed by atoms with Crippen LogP contribution in [-0.2, 0) is 19.2 Å². The number of aliphatic carboxylic acids is 1. The van der Waals surface area contributed by atoms with E-state index in [1.54, 1.807) is 6.92 Å². The predicted molar refractivity (Wildman–Crippen MR) is 152 cm³/mol. The van der Waals surface area contributed by atoms with Gasteiger partial charge in [0.2, 0.25) is 11.5 Å². The third-order valence-electron chi connectivity index (χ3n) is 5.87. The van der Waals surface area contributed by atoms with Crippen molar-refractivity contribution < 1.29 is 64.1 Å². The number of carboxylic acids is 1. The first kappa shape index (κ1) is 32.1. The number of nitrogens with one attached hydrogen (secondary N) is 1. The number of hydrogen-bond donors (Lipinski definition) is 4. The number of benzene rings is 1. The number of rotatable bonds is 9. The third kappa shape index (κ3) is 6.24. The van der Waals surface area contributed by atoms with E-state index in [-0.39, 0.29) is 86.6 Å². The van der Waals surface area contributed by atoms with Gasteiger partial charge in [-0.2, -0.15) is 9.36 Å². The van der Waals surface area contributed by atoms with Crippen LogP contribution >= 0.6 is 46.4 Å². The number of aromatic nitrogens is 2. The number of carboxylic acid groups (broad SMARTS) is 1. The van der Waals surface area contributed by atoms with Crippen LogP contribution in [0.1, 0.15) is 12.7 Å². The van der Waals surface area contributed by atoms with Crippen molar-refractivity contribution in [3.8, 4) is 11.5 Å². The molecular formula is C23H19N6NaO8S4. The molecule has 5 N–H and O–H groups in total. The van der Waals surface area contributed by atoms with Gasteiger partial charge in [0, 0.05) is 45.3 Å². The maximum atomic E-state index is 13.1. The van der Waals surface area contributed by atoms with E-state index < -0.39 is 34.9 Å². The summed E-state index contributed by atoms with van der Waals surface area (Å²) in [6, 6.07) is 2.78. The van der Waals surface area contributed by atoms with Crippen molar-refractivity contribution in [2.75, 3.05) is 23.8 Å². The second-order valence-corrected chi connectivity index (χ2v) is 12.7. The molecule has 4 heterocycles. The Bertz CT molecular complexity index is 1710. The minimum atomic E-state index is -1.54. The Labute approximate surface area is 275 Å². The molecule has 0 bridgehead atoms. The molecule has 14 nitrogen and oxygen atoms in total. The second-order valence-electron chi connectivity index (χ2n) is 8.47. The van der Waals surface area contributed by atoms with Gasteiger partial charge >= 0.3 is 29.6 Å². The molecule has 0 unspecified atom stereocenters. The number of amides is 2. The summed E-state index contributed by atoms with van der Waals surface area (Å²) < 4.78 is 4.95. The van der Waals surface area contributed by atoms with Gasteiger partial charge in [-0.05, 0) is 18.6 Å². The Kier molecular flexibility index (Phi) is 10.1. The van der Waals surface area contributed by atoms with Crippen molar-refractivity contribution in [1.82, 2.24) is 19.6 Å². The maximum Gasteiger partial charge on any atom is 1.00 e. The van der Waals surface area contributed by atoms with Crippen LogP contribution in [0, 0.1) is 0 Å². The number of nitrogens with zero attached hydrogens (tertiary/aromatic N) is 4. The Morgan fingerprint density at radius 2 is 2.02 bits per heavy atom. The van der Waals surface area contributed by atoms with Crippen molar-refractivity contribution in [3.63, 3.8) is 0 Å². The monoisotopic (exact) mass is 658 g/mol. The number of nitrogens with two attached hydrogens (primary N) is 1. The molecule has 0 spiro atoms. The number of oxime groups is 1. The van der Waals surface area contributed by atoms with E-state index in [0.717, 1.165) is 16.4 Å². The average Bonchev–Trinajstić information content (AvgIpc) is 3.36. The summed E-state index contributed by atoms with van der Waals surface area (Å²) >= 11 is 4.49. The zero-order valence-electron chi connectivity index (χ0n) is 21.9. The largest absolute Gasteiger partial charge is 1.00 e. The van der Waals surface area contributed by atoms with E-state index in [1.165, 1.54) is 53.1 Å². The number of anilines is 1. The molecule has 3 aromatic rings. The summed E-state index contributed by atoms with van der Waals surface area (Å²) in [4.78, 5) is 60.7. The Morgan fingerprint density at radius 3 is 2.69 bits per heavy atom. The van der Waals surface area contributed by atoms with Crippen LogP contribution in [0.15, 0.2) is 43.6 Å². The topological polar surface area (TPSA) is 220 Å². The van der Waals surface area contributed by atoms with Gasteiger partial charge < -0.3 is 36.0 Å². The zero-order chi connectivity index (χ0) is 29.4. The minimum absolute atomic E-state index is 0. The molecule has 2 aromatic heterocycles. The minimum Gasteiger partial charge on any atom is -0.543 e. The van der Waals surface area contributed by atoms with E-state index in [1.807, 2.05) is 0 Å². The smallest absolute Gasteiger partial charge is 0.543 e. The van der Waals surface area contributed by atoms with Gasteiger partial charge in [-0.1, -0.05) is 5.16 Å². The number of phenols is 2. The molecule has 0 saturated carbocycles. The average molecular weight is 659 g/mol. The maximum absolute atomic E-state index is 13.1. The number of hydrogen-bond acceptors (Lipinski definition) is 16. The number of β-lactam (4-membered cyclic amide) rings is 1. The quantitative estimate of drug-likeness (QED) is 0.0452. The van der Waals surface area contributed by atoms with Crippen LogP contribution in [0.5, 0.6) is 11.5 Å². The van der Waals surface area contributed by atoms with E-state index in [2.05, 4.69) is 19.8 Å². The molecular weight excluding hydrogens is 640 g/mol. The summed E-state index contributed by atoms with van der Waals surface area (Å²) in [6.45, 7) is 1.82. The van der Waals surface area contributed by atoms with Gasteiger partial charge in [-0.25, -0.2) is 0 Å². The summed E-state index contributed by atoms with van der Waals surface area (Å²) in [5.74, 6) is -3.47. The molecule has 0 aliphatic carbocycles. The van der Waals surface area contributed by atoms with Crippen LogP contribution in [0.3, 0.4) is 0 Å². The van der Waals surface area contributed by atoms with Gasteiger partial charge in [0.1, 0.15) is 18.0 Å². The van der Waals surface area contributed by atoms with Crippen molar-refractivity contribution >= 4 is 85.1 Å². The first-order chi connectivity index (χ1) is 19.6. The first-order valence-electron chi connectivity index (χ1n) is 11.7. The Hall–Kier alpha value is -2.87. The molecule has 19 heteroatoms. The fourth-order valence-electron chi connectivity index (χ4n) is 4.02. The van der Waals surface area contributed by atoms with E-state index >= 15 is 0 Å². The number of thioether (sulfide) groups is 2. The number of carbonyl (C=O) groups is 3. The summed E-state index contributed by atoms with van der Waals surface area (Å²) in [5, 5.41) is 37.5. The summed E-state index contributed by atoms with van der Waals surface area (Å²) in [5.41, 5.74) is 5.07. The zero-order valence-corrected chi connectivity index (χ0v) is 27.1. The Balaban J connectivity index is 0.00000405. The number of phenolic OH excluding ortho intramolecular Hbond substituents is 2. The Morgan fingerprint density at radius 1 is 1.29 bits per heavy atom. The summed E-state index contributed by atoms with van der Waals surface area (Å²) in [6.07, 6.45) is 0. The number of carbonyl (C=O) groups excluding carboxylic acids is 3. The van der Waals surface area contributed by atoms with E-state index in [0.29, 0.717) is 14.5 Å². The van der Waals surface area contributed by atoms with Crippen LogP contribution in [0.2, 0.25) is 0 Å². The second kappa shape index (κ2) is 13.2. The molecule has 1 aromatic carbocycles. The van der Waals surface area contributed by atoms with Crippen LogP contribution in [-0.4, -0.2) is 77.5 Å². The van der Waals surface area contributed by atoms with Crippen LogP contribution in [0.4, 0.5) is 5.13 Å². The molecule has 1 fully saturated rings. The third-order valence-corrected chi connectivity index (χ3v) is 10.1.